The second kappa shape index (κ2) is 5.93. The van der Waals surface area contributed by atoms with Crippen LogP contribution in [-0.2, 0) is 13.5 Å². The van der Waals surface area contributed by atoms with Crippen molar-refractivity contribution in [3.63, 3.8) is 0 Å². The first kappa shape index (κ1) is 13.6. The molecular formula is C14H17BrN4O. The van der Waals surface area contributed by atoms with Gasteiger partial charge in [0.2, 0.25) is 0 Å². The Morgan fingerprint density at radius 3 is 3.20 bits per heavy atom. The van der Waals surface area contributed by atoms with Crippen LogP contribution >= 0.6 is 15.9 Å². The van der Waals surface area contributed by atoms with Crippen molar-refractivity contribution < 1.29 is 4.74 Å². The SMILES string of the molecule is Cn1cnnc1CCNC1CCOc2ccc(Br)cc21. The van der Waals surface area contributed by atoms with Gasteiger partial charge in [0.1, 0.15) is 17.9 Å². The molecule has 0 fully saturated rings. The maximum absolute atomic E-state index is 5.69. The van der Waals surface area contributed by atoms with Crippen LogP contribution in [0.2, 0.25) is 0 Å². The molecule has 5 nitrogen and oxygen atoms in total. The van der Waals surface area contributed by atoms with Crippen molar-refractivity contribution >= 4 is 15.9 Å². The first-order chi connectivity index (χ1) is 9.74. The van der Waals surface area contributed by atoms with Crippen LogP contribution in [0.4, 0.5) is 0 Å². The van der Waals surface area contributed by atoms with Crippen molar-refractivity contribution in [1.29, 1.82) is 0 Å². The molecule has 3 rings (SSSR count). The van der Waals surface area contributed by atoms with E-state index in [9.17, 15) is 0 Å². The predicted octanol–water partition coefficient (Wildman–Crippen LogP) is 2.23. The summed E-state index contributed by atoms with van der Waals surface area (Å²) in [6, 6.07) is 6.51. The van der Waals surface area contributed by atoms with E-state index in [1.807, 2.05) is 23.7 Å². The zero-order valence-electron chi connectivity index (χ0n) is 11.3. The minimum Gasteiger partial charge on any atom is -0.493 e. The van der Waals surface area contributed by atoms with Crippen LogP contribution in [0.25, 0.3) is 0 Å². The lowest BCUT2D eigenvalue weighted by Crippen LogP contribution is -2.29. The number of aryl methyl sites for hydroxylation is 1. The van der Waals surface area contributed by atoms with Crippen LogP contribution in [0, 0.1) is 0 Å². The molecule has 1 aliphatic heterocycles. The Bertz CT molecular complexity index is 599. The summed E-state index contributed by atoms with van der Waals surface area (Å²) in [7, 11) is 1.97. The molecule has 0 amide bonds. The van der Waals surface area contributed by atoms with E-state index in [-0.39, 0.29) is 0 Å². The Hall–Kier alpha value is -1.40. The zero-order chi connectivity index (χ0) is 13.9. The average Bonchev–Trinajstić information content (AvgIpc) is 2.85. The normalized spacial score (nSPS) is 17.6. The molecule has 0 radical (unpaired) electrons. The first-order valence-electron chi connectivity index (χ1n) is 6.72. The maximum Gasteiger partial charge on any atom is 0.133 e. The summed E-state index contributed by atoms with van der Waals surface area (Å²) in [5.74, 6) is 1.98. The number of ether oxygens (including phenoxy) is 1. The molecule has 20 heavy (non-hydrogen) atoms. The average molecular weight is 337 g/mol. The number of benzene rings is 1. The molecule has 0 saturated carbocycles. The van der Waals surface area contributed by atoms with E-state index in [1.54, 1.807) is 6.33 Å². The van der Waals surface area contributed by atoms with Crippen LogP contribution in [0.1, 0.15) is 23.9 Å². The summed E-state index contributed by atoms with van der Waals surface area (Å²) >= 11 is 3.52. The quantitative estimate of drug-likeness (QED) is 0.930. The van der Waals surface area contributed by atoms with Crippen molar-refractivity contribution in [2.75, 3.05) is 13.2 Å². The second-order valence-corrected chi connectivity index (χ2v) is 5.85. The third-order valence-corrected chi connectivity index (χ3v) is 4.05. The molecule has 1 aromatic heterocycles. The van der Waals surface area contributed by atoms with Gasteiger partial charge in [-0.05, 0) is 18.2 Å². The van der Waals surface area contributed by atoms with Crippen molar-refractivity contribution in [2.45, 2.75) is 18.9 Å². The molecule has 1 unspecified atom stereocenters. The van der Waals surface area contributed by atoms with Crippen molar-refractivity contribution in [3.05, 3.63) is 40.4 Å². The van der Waals surface area contributed by atoms with E-state index in [2.05, 4.69) is 37.5 Å². The predicted molar refractivity (Wildman–Crippen MR) is 79.7 cm³/mol. The fourth-order valence-electron chi connectivity index (χ4n) is 2.47. The number of rotatable bonds is 4. The largest absolute Gasteiger partial charge is 0.493 e. The van der Waals surface area contributed by atoms with Crippen LogP contribution in [0.15, 0.2) is 29.0 Å². The molecule has 2 aromatic rings. The van der Waals surface area contributed by atoms with Crippen LogP contribution < -0.4 is 10.1 Å². The Labute approximate surface area is 126 Å². The zero-order valence-corrected chi connectivity index (χ0v) is 12.9. The number of hydrogen-bond donors (Lipinski definition) is 1. The standard InChI is InChI=1S/C14H17BrN4O/c1-19-9-17-18-14(19)4-6-16-12-5-7-20-13-3-2-10(15)8-11(12)13/h2-3,8-9,12,16H,4-7H2,1H3. The summed E-state index contributed by atoms with van der Waals surface area (Å²) in [6.45, 7) is 1.64. The van der Waals surface area contributed by atoms with E-state index < -0.39 is 0 Å². The van der Waals surface area contributed by atoms with Crippen LogP contribution in [-0.4, -0.2) is 27.9 Å². The first-order valence-corrected chi connectivity index (χ1v) is 7.52. The van der Waals surface area contributed by atoms with Crippen molar-refractivity contribution in [1.82, 2.24) is 20.1 Å². The molecule has 1 aliphatic rings. The Morgan fingerprint density at radius 2 is 2.40 bits per heavy atom. The molecular weight excluding hydrogens is 320 g/mol. The fraction of sp³-hybridized carbons (Fsp3) is 0.429. The topological polar surface area (TPSA) is 52.0 Å². The third kappa shape index (κ3) is 2.86. The van der Waals surface area contributed by atoms with Crippen LogP contribution in [0.3, 0.4) is 0 Å². The number of nitrogens with zero attached hydrogens (tertiary/aromatic N) is 3. The number of halogens is 1. The van der Waals surface area contributed by atoms with Gasteiger partial charge in [0.15, 0.2) is 0 Å². The van der Waals surface area contributed by atoms with E-state index in [0.29, 0.717) is 6.04 Å². The number of fused-ring (bicyclic) bond motifs is 1. The van der Waals surface area contributed by atoms with Gasteiger partial charge in [-0.25, -0.2) is 0 Å². The number of nitrogens with one attached hydrogen (secondary N) is 1. The highest BCUT2D eigenvalue weighted by Gasteiger charge is 2.21. The van der Waals surface area contributed by atoms with Gasteiger partial charge in [-0.15, -0.1) is 10.2 Å². The highest BCUT2D eigenvalue weighted by molar-refractivity contribution is 9.10. The van der Waals surface area contributed by atoms with Crippen molar-refractivity contribution in [2.24, 2.45) is 7.05 Å². The minimum atomic E-state index is 0.337. The minimum absolute atomic E-state index is 0.337. The molecule has 2 heterocycles. The molecule has 0 spiro atoms. The van der Waals surface area contributed by atoms with Crippen molar-refractivity contribution in [3.8, 4) is 5.75 Å². The fourth-order valence-corrected chi connectivity index (χ4v) is 2.85. The molecule has 106 valence electrons. The van der Waals surface area contributed by atoms with Gasteiger partial charge in [-0.2, -0.15) is 0 Å². The Morgan fingerprint density at radius 1 is 1.50 bits per heavy atom. The Balaban J connectivity index is 1.64. The van der Waals surface area contributed by atoms with Gasteiger partial charge in [0.05, 0.1) is 6.61 Å². The molecule has 1 aromatic carbocycles. The van der Waals surface area contributed by atoms with Gasteiger partial charge >= 0.3 is 0 Å². The number of aromatic nitrogens is 3. The molecule has 0 aliphatic carbocycles. The highest BCUT2D eigenvalue weighted by Crippen LogP contribution is 2.33. The lowest BCUT2D eigenvalue weighted by Gasteiger charge is -2.27. The van der Waals surface area contributed by atoms with E-state index >= 15 is 0 Å². The lowest BCUT2D eigenvalue weighted by molar-refractivity contribution is 0.253. The summed E-state index contributed by atoms with van der Waals surface area (Å²) in [6.07, 6.45) is 3.59. The monoisotopic (exact) mass is 336 g/mol. The highest BCUT2D eigenvalue weighted by atomic mass is 79.9. The van der Waals surface area contributed by atoms with Gasteiger partial charge < -0.3 is 14.6 Å². The lowest BCUT2D eigenvalue weighted by atomic mass is 10.0. The van der Waals surface area contributed by atoms with E-state index in [4.69, 9.17) is 4.74 Å². The van der Waals surface area contributed by atoms with E-state index in [1.165, 1.54) is 5.56 Å². The summed E-state index contributed by atoms with van der Waals surface area (Å²) in [4.78, 5) is 0. The second-order valence-electron chi connectivity index (χ2n) is 4.93. The van der Waals surface area contributed by atoms with Gasteiger partial charge in [-0.1, -0.05) is 15.9 Å². The molecule has 1 atom stereocenters. The number of hydrogen-bond acceptors (Lipinski definition) is 4. The maximum atomic E-state index is 5.69. The van der Waals surface area contributed by atoms with Gasteiger partial charge in [0, 0.05) is 42.5 Å². The summed E-state index contributed by atoms with van der Waals surface area (Å²) in [5.41, 5.74) is 1.23. The summed E-state index contributed by atoms with van der Waals surface area (Å²) < 4.78 is 8.73. The smallest absolute Gasteiger partial charge is 0.133 e. The van der Waals surface area contributed by atoms with Crippen LogP contribution in [0.5, 0.6) is 5.75 Å². The van der Waals surface area contributed by atoms with Gasteiger partial charge in [0.25, 0.3) is 0 Å². The molecule has 0 bridgehead atoms. The molecule has 6 heteroatoms. The van der Waals surface area contributed by atoms with E-state index in [0.717, 1.165) is 42.0 Å². The third-order valence-electron chi connectivity index (χ3n) is 3.56. The summed E-state index contributed by atoms with van der Waals surface area (Å²) in [5, 5.41) is 11.6. The molecule has 1 N–H and O–H groups in total. The van der Waals surface area contributed by atoms with Gasteiger partial charge in [-0.3, -0.25) is 0 Å². The Kier molecular flexibility index (Phi) is 4.03. The molecule has 0 saturated heterocycles.